The van der Waals surface area contributed by atoms with Crippen LogP contribution in [0.1, 0.15) is 142 Å². The Morgan fingerprint density at radius 2 is 0.886 bits per heavy atom. The van der Waals surface area contributed by atoms with Crippen LogP contribution in [0.25, 0.3) is 0 Å². The molecule has 0 aliphatic rings. The fourth-order valence-corrected chi connectivity index (χ4v) is 4.86. The van der Waals surface area contributed by atoms with Gasteiger partial charge in [-0.3, -0.25) is 4.90 Å². The molecule has 0 fully saturated rings. The van der Waals surface area contributed by atoms with E-state index in [4.69, 9.17) is 0 Å². The largest absolute Gasteiger partial charge is 0.324 e. The fraction of sp³-hybridized carbons (Fsp3) is 0.781. The molecule has 0 aromatic heterocycles. The van der Waals surface area contributed by atoms with Crippen molar-refractivity contribution in [3.63, 3.8) is 0 Å². The summed E-state index contributed by atoms with van der Waals surface area (Å²) in [5.41, 5.74) is 0.980. The summed E-state index contributed by atoms with van der Waals surface area (Å²) >= 11 is 0. The summed E-state index contributed by atoms with van der Waals surface area (Å²) in [6.07, 6.45) is 26.6. The van der Waals surface area contributed by atoms with E-state index >= 15 is 0 Å². The maximum atomic E-state index is 13.3. The molecule has 1 rings (SSSR count). The standard InChI is InChI=1S/C32H58N2O/c1-4-6-8-10-12-14-16-18-20-25-29-34(32(35)33(3)31-27-23-22-24-28-31)30-26-21-19-17-15-13-11-9-7-5-2/h22-24,27-28H,4-21,25-26,29-30H2,1-3H3. The van der Waals surface area contributed by atoms with Gasteiger partial charge in [0, 0.05) is 25.8 Å². The van der Waals surface area contributed by atoms with Crippen LogP contribution >= 0.6 is 0 Å². The quantitative estimate of drug-likeness (QED) is 0.141. The molecule has 1 aromatic rings. The third-order valence-electron chi connectivity index (χ3n) is 7.26. The minimum atomic E-state index is 0.156. The number of anilines is 1. The molecule has 0 aliphatic carbocycles. The third kappa shape index (κ3) is 16.7. The first kappa shape index (κ1) is 31.5. The summed E-state index contributed by atoms with van der Waals surface area (Å²) < 4.78 is 0. The molecule has 3 nitrogen and oxygen atoms in total. The molecule has 0 radical (unpaired) electrons. The number of amides is 2. The van der Waals surface area contributed by atoms with Crippen LogP contribution in [0.4, 0.5) is 10.5 Å². The lowest BCUT2D eigenvalue weighted by atomic mass is 10.1. The zero-order valence-electron chi connectivity index (χ0n) is 23.7. The molecule has 0 spiro atoms. The number of hydrogen-bond acceptors (Lipinski definition) is 1. The molecule has 0 heterocycles. The van der Waals surface area contributed by atoms with Crippen molar-refractivity contribution in [2.24, 2.45) is 0 Å². The van der Waals surface area contributed by atoms with E-state index in [-0.39, 0.29) is 6.03 Å². The molecule has 0 aliphatic heterocycles. The van der Waals surface area contributed by atoms with Crippen molar-refractivity contribution in [2.45, 2.75) is 142 Å². The second kappa shape index (κ2) is 22.9. The van der Waals surface area contributed by atoms with E-state index in [0.717, 1.165) is 31.6 Å². The molecule has 3 heteroatoms. The number of carbonyl (C=O) groups is 1. The highest BCUT2D eigenvalue weighted by atomic mass is 16.2. The smallest absolute Gasteiger partial charge is 0.324 e. The van der Waals surface area contributed by atoms with Gasteiger partial charge in [-0.15, -0.1) is 0 Å². The van der Waals surface area contributed by atoms with Crippen molar-refractivity contribution in [3.8, 4) is 0 Å². The second-order valence-corrected chi connectivity index (χ2v) is 10.5. The number of benzene rings is 1. The monoisotopic (exact) mass is 486 g/mol. The van der Waals surface area contributed by atoms with Crippen LogP contribution in [0.5, 0.6) is 0 Å². The number of urea groups is 1. The van der Waals surface area contributed by atoms with Crippen molar-refractivity contribution in [1.82, 2.24) is 4.90 Å². The van der Waals surface area contributed by atoms with E-state index in [9.17, 15) is 4.79 Å². The Kier molecular flexibility index (Phi) is 20.6. The topological polar surface area (TPSA) is 23.6 Å². The molecule has 1 aromatic carbocycles. The number of nitrogens with zero attached hydrogens (tertiary/aromatic N) is 2. The van der Waals surface area contributed by atoms with Gasteiger partial charge < -0.3 is 4.90 Å². The Hall–Kier alpha value is -1.51. The maximum Gasteiger partial charge on any atom is 0.324 e. The maximum absolute atomic E-state index is 13.3. The van der Waals surface area contributed by atoms with Crippen molar-refractivity contribution in [1.29, 1.82) is 0 Å². The highest BCUT2D eigenvalue weighted by molar-refractivity contribution is 5.91. The normalized spacial score (nSPS) is 11.1. The number of unbranched alkanes of at least 4 members (excludes halogenated alkanes) is 18. The van der Waals surface area contributed by atoms with Crippen LogP contribution in [0.2, 0.25) is 0 Å². The second-order valence-electron chi connectivity index (χ2n) is 10.5. The number of carbonyl (C=O) groups excluding carboxylic acids is 1. The first-order chi connectivity index (χ1) is 17.2. The summed E-state index contributed by atoms with van der Waals surface area (Å²) in [4.78, 5) is 17.2. The lowest BCUT2D eigenvalue weighted by Gasteiger charge is -2.28. The molecule has 0 bridgehead atoms. The lowest BCUT2D eigenvalue weighted by Crippen LogP contribution is -2.42. The summed E-state index contributed by atoms with van der Waals surface area (Å²) in [6, 6.07) is 10.2. The van der Waals surface area contributed by atoms with Crippen LogP contribution in [0, 0.1) is 0 Å². The van der Waals surface area contributed by atoms with Gasteiger partial charge in [0.25, 0.3) is 0 Å². The van der Waals surface area contributed by atoms with Gasteiger partial charge in [-0.05, 0) is 25.0 Å². The van der Waals surface area contributed by atoms with E-state index in [0.29, 0.717) is 0 Å². The van der Waals surface area contributed by atoms with Gasteiger partial charge in [-0.25, -0.2) is 4.79 Å². The molecular weight excluding hydrogens is 428 g/mol. The van der Waals surface area contributed by atoms with Crippen LogP contribution < -0.4 is 4.90 Å². The van der Waals surface area contributed by atoms with Gasteiger partial charge >= 0.3 is 6.03 Å². The van der Waals surface area contributed by atoms with E-state index in [1.54, 1.807) is 0 Å². The van der Waals surface area contributed by atoms with E-state index < -0.39 is 0 Å². The zero-order chi connectivity index (χ0) is 25.4. The molecule has 0 atom stereocenters. The summed E-state index contributed by atoms with van der Waals surface area (Å²) in [5, 5.41) is 0. The molecular formula is C32H58N2O. The van der Waals surface area contributed by atoms with E-state index in [1.807, 2.05) is 42.3 Å². The predicted molar refractivity (Wildman–Crippen MR) is 156 cm³/mol. The number of hydrogen-bond donors (Lipinski definition) is 0. The van der Waals surface area contributed by atoms with Crippen molar-refractivity contribution in [2.75, 3.05) is 25.0 Å². The first-order valence-electron chi connectivity index (χ1n) is 15.3. The third-order valence-corrected chi connectivity index (χ3v) is 7.26. The summed E-state index contributed by atoms with van der Waals surface area (Å²) in [7, 11) is 1.92. The highest BCUT2D eigenvalue weighted by Gasteiger charge is 2.18. The Morgan fingerprint density at radius 1 is 0.543 bits per heavy atom. The summed E-state index contributed by atoms with van der Waals surface area (Å²) in [6.45, 7) is 6.35. The Morgan fingerprint density at radius 3 is 1.26 bits per heavy atom. The van der Waals surface area contributed by atoms with Crippen LogP contribution in [0.3, 0.4) is 0 Å². The van der Waals surface area contributed by atoms with Crippen LogP contribution in [0.15, 0.2) is 30.3 Å². The minimum absolute atomic E-state index is 0.156. The Bertz CT molecular complexity index is 564. The number of rotatable bonds is 23. The minimum Gasteiger partial charge on any atom is -0.324 e. The molecule has 2 amide bonds. The van der Waals surface area contributed by atoms with E-state index in [2.05, 4.69) is 18.7 Å². The van der Waals surface area contributed by atoms with Gasteiger partial charge in [-0.1, -0.05) is 148 Å². The van der Waals surface area contributed by atoms with Gasteiger partial charge in [0.15, 0.2) is 0 Å². The lowest BCUT2D eigenvalue weighted by molar-refractivity contribution is 0.203. The average Bonchev–Trinajstić information content (AvgIpc) is 2.89. The van der Waals surface area contributed by atoms with Crippen LogP contribution in [-0.4, -0.2) is 31.1 Å². The first-order valence-corrected chi connectivity index (χ1v) is 15.3. The van der Waals surface area contributed by atoms with Crippen molar-refractivity contribution < 1.29 is 4.79 Å². The SMILES string of the molecule is CCCCCCCCCCCCN(CCCCCCCCCCCC)C(=O)N(C)c1ccccc1. The molecule has 0 saturated carbocycles. The Labute approximate surface area is 219 Å². The van der Waals surface area contributed by atoms with Gasteiger partial charge in [0.1, 0.15) is 0 Å². The zero-order valence-corrected chi connectivity index (χ0v) is 23.7. The van der Waals surface area contributed by atoms with Crippen LogP contribution in [-0.2, 0) is 0 Å². The predicted octanol–water partition coefficient (Wildman–Crippen LogP) is 10.4. The Balaban J connectivity index is 2.31. The molecule has 0 saturated heterocycles. The van der Waals surface area contributed by atoms with E-state index in [1.165, 1.54) is 116 Å². The molecule has 35 heavy (non-hydrogen) atoms. The van der Waals surface area contributed by atoms with Crippen molar-refractivity contribution in [3.05, 3.63) is 30.3 Å². The van der Waals surface area contributed by atoms with Gasteiger partial charge in [0.05, 0.1) is 0 Å². The molecule has 202 valence electrons. The molecule has 0 unspecified atom stereocenters. The van der Waals surface area contributed by atoms with Crippen molar-refractivity contribution >= 4 is 11.7 Å². The van der Waals surface area contributed by atoms with Gasteiger partial charge in [-0.2, -0.15) is 0 Å². The average molecular weight is 487 g/mol. The summed E-state index contributed by atoms with van der Waals surface area (Å²) in [5.74, 6) is 0. The van der Waals surface area contributed by atoms with Gasteiger partial charge in [0.2, 0.25) is 0 Å². The fourth-order valence-electron chi connectivity index (χ4n) is 4.86. The highest BCUT2D eigenvalue weighted by Crippen LogP contribution is 2.16. The number of para-hydroxylation sites is 1. The molecule has 0 N–H and O–H groups in total.